The molecule has 1 saturated heterocycles. The van der Waals surface area contributed by atoms with Gasteiger partial charge in [-0.2, -0.15) is 11.8 Å². The van der Waals surface area contributed by atoms with Gasteiger partial charge in [0.05, 0.1) is 0 Å². The normalized spacial score (nSPS) is 24.1. The lowest BCUT2D eigenvalue weighted by atomic mass is 9.91. The van der Waals surface area contributed by atoms with E-state index in [0.29, 0.717) is 11.8 Å². The summed E-state index contributed by atoms with van der Waals surface area (Å²) in [5.41, 5.74) is 0. The molecule has 0 aromatic rings. The fraction of sp³-hybridized carbons (Fsp3) is 0.929. The molecular weight excluding hydrogens is 260 g/mol. The average Bonchev–Trinajstić information content (AvgIpc) is 2.73. The summed E-state index contributed by atoms with van der Waals surface area (Å²) in [5.74, 6) is 2.36. The highest BCUT2D eigenvalue weighted by atomic mass is 32.2. The van der Waals surface area contributed by atoms with E-state index in [4.69, 9.17) is 4.74 Å². The molecule has 19 heavy (non-hydrogen) atoms. The van der Waals surface area contributed by atoms with Crippen LogP contribution in [0.25, 0.3) is 0 Å². The zero-order valence-electron chi connectivity index (χ0n) is 12.6. The molecule has 0 aliphatic carbocycles. The summed E-state index contributed by atoms with van der Waals surface area (Å²) in [6.07, 6.45) is 3.37. The monoisotopic (exact) mass is 288 g/mol. The van der Waals surface area contributed by atoms with Gasteiger partial charge in [0.1, 0.15) is 6.61 Å². The quantitative estimate of drug-likeness (QED) is 0.687. The predicted octanol–water partition coefficient (Wildman–Crippen LogP) is 1.46. The topological polar surface area (TPSA) is 41.6 Å². The van der Waals surface area contributed by atoms with Crippen molar-refractivity contribution in [1.82, 2.24) is 10.2 Å². The number of thioether (sulfide) groups is 1. The molecule has 0 aromatic heterocycles. The van der Waals surface area contributed by atoms with Gasteiger partial charge in [-0.25, -0.2) is 0 Å². The van der Waals surface area contributed by atoms with Crippen LogP contribution < -0.4 is 5.32 Å². The highest BCUT2D eigenvalue weighted by Gasteiger charge is 2.34. The van der Waals surface area contributed by atoms with Crippen LogP contribution in [0.3, 0.4) is 0 Å². The molecule has 0 radical (unpaired) electrons. The van der Waals surface area contributed by atoms with Crippen LogP contribution in [-0.4, -0.2) is 62.2 Å². The number of ether oxygens (including phenoxy) is 1. The first-order chi connectivity index (χ1) is 9.08. The van der Waals surface area contributed by atoms with Gasteiger partial charge in [0.25, 0.3) is 0 Å². The Morgan fingerprint density at radius 2 is 2.21 bits per heavy atom. The van der Waals surface area contributed by atoms with E-state index in [9.17, 15) is 4.79 Å². The van der Waals surface area contributed by atoms with Crippen LogP contribution in [0, 0.1) is 11.8 Å². The Morgan fingerprint density at radius 3 is 2.79 bits per heavy atom. The Kier molecular flexibility index (Phi) is 7.80. The van der Waals surface area contributed by atoms with Crippen molar-refractivity contribution in [2.75, 3.05) is 45.4 Å². The molecule has 5 heteroatoms. The maximum Gasteiger partial charge on any atom is 0.246 e. The Bertz CT molecular complexity index is 274. The lowest BCUT2D eigenvalue weighted by molar-refractivity contribution is -0.125. The summed E-state index contributed by atoms with van der Waals surface area (Å²) in [6.45, 7) is 7.86. The highest BCUT2D eigenvalue weighted by molar-refractivity contribution is 7.98. The molecule has 1 aliphatic heterocycles. The largest absolute Gasteiger partial charge is 0.375 e. The van der Waals surface area contributed by atoms with Crippen LogP contribution >= 0.6 is 11.8 Å². The molecule has 1 amide bonds. The third kappa shape index (κ3) is 5.71. The third-order valence-corrected chi connectivity index (χ3v) is 4.44. The fourth-order valence-electron chi connectivity index (χ4n) is 2.74. The number of nitrogens with one attached hydrogen (secondary N) is 1. The summed E-state index contributed by atoms with van der Waals surface area (Å²) in [6, 6.07) is 0.275. The van der Waals surface area contributed by atoms with Crippen molar-refractivity contribution in [3.63, 3.8) is 0 Å². The fourth-order valence-corrected chi connectivity index (χ4v) is 3.15. The zero-order valence-corrected chi connectivity index (χ0v) is 13.5. The van der Waals surface area contributed by atoms with Gasteiger partial charge in [-0.15, -0.1) is 0 Å². The Labute approximate surface area is 121 Å². The molecule has 1 fully saturated rings. The second kappa shape index (κ2) is 8.82. The van der Waals surface area contributed by atoms with E-state index in [2.05, 4.69) is 30.3 Å². The molecule has 0 saturated carbocycles. The van der Waals surface area contributed by atoms with Crippen LogP contribution in [0.2, 0.25) is 0 Å². The van der Waals surface area contributed by atoms with E-state index in [1.165, 1.54) is 12.2 Å². The number of carbonyl (C=O) groups excluding carboxylic acids is 1. The number of amides is 1. The van der Waals surface area contributed by atoms with Crippen molar-refractivity contribution in [2.24, 2.45) is 11.8 Å². The lowest BCUT2D eigenvalue weighted by Gasteiger charge is -2.22. The zero-order chi connectivity index (χ0) is 14.3. The maximum absolute atomic E-state index is 11.7. The SMILES string of the molecule is COCC(=O)N[C@@H]1CN(CCCSC)C[C@H]1C(C)C. The van der Waals surface area contributed by atoms with Crippen molar-refractivity contribution in [2.45, 2.75) is 26.3 Å². The van der Waals surface area contributed by atoms with Gasteiger partial charge in [-0.05, 0) is 36.8 Å². The molecule has 112 valence electrons. The summed E-state index contributed by atoms with van der Waals surface area (Å²) < 4.78 is 4.89. The smallest absolute Gasteiger partial charge is 0.246 e. The first-order valence-corrected chi connectivity index (χ1v) is 8.47. The first-order valence-electron chi connectivity index (χ1n) is 7.08. The van der Waals surface area contributed by atoms with Crippen molar-refractivity contribution >= 4 is 17.7 Å². The van der Waals surface area contributed by atoms with Crippen molar-refractivity contribution in [1.29, 1.82) is 0 Å². The van der Waals surface area contributed by atoms with E-state index in [-0.39, 0.29) is 18.6 Å². The van der Waals surface area contributed by atoms with Gasteiger partial charge in [0, 0.05) is 26.2 Å². The molecule has 0 unspecified atom stereocenters. The summed E-state index contributed by atoms with van der Waals surface area (Å²) in [4.78, 5) is 14.2. The standard InChI is InChI=1S/C14H28N2O2S/c1-11(2)12-8-16(6-5-7-19-4)9-13(12)15-14(17)10-18-3/h11-13H,5-10H2,1-4H3,(H,15,17)/t12-,13+/m0/s1. The summed E-state index contributed by atoms with van der Waals surface area (Å²) in [7, 11) is 1.56. The molecule has 1 N–H and O–H groups in total. The second-order valence-corrected chi connectivity index (χ2v) is 6.61. The van der Waals surface area contributed by atoms with E-state index in [1.807, 2.05) is 11.8 Å². The number of carbonyl (C=O) groups is 1. The molecule has 2 atom stereocenters. The van der Waals surface area contributed by atoms with E-state index in [0.717, 1.165) is 19.6 Å². The predicted molar refractivity (Wildman–Crippen MR) is 81.6 cm³/mol. The van der Waals surface area contributed by atoms with Gasteiger partial charge in [-0.1, -0.05) is 13.8 Å². The molecule has 0 spiro atoms. The Hall–Kier alpha value is -0.260. The minimum Gasteiger partial charge on any atom is -0.375 e. The number of nitrogens with zero attached hydrogens (tertiary/aromatic N) is 1. The van der Waals surface area contributed by atoms with Crippen molar-refractivity contribution in [3.05, 3.63) is 0 Å². The summed E-state index contributed by atoms with van der Waals surface area (Å²) >= 11 is 1.90. The highest BCUT2D eigenvalue weighted by Crippen LogP contribution is 2.24. The molecule has 1 heterocycles. The van der Waals surface area contributed by atoms with E-state index < -0.39 is 0 Å². The number of likely N-dealkylation sites (tertiary alicyclic amines) is 1. The maximum atomic E-state index is 11.7. The average molecular weight is 288 g/mol. The number of rotatable bonds is 8. The Balaban J connectivity index is 2.45. The lowest BCUT2D eigenvalue weighted by Crippen LogP contribution is -2.43. The number of hydrogen-bond donors (Lipinski definition) is 1. The van der Waals surface area contributed by atoms with E-state index >= 15 is 0 Å². The van der Waals surface area contributed by atoms with Gasteiger partial charge < -0.3 is 15.0 Å². The molecule has 4 nitrogen and oxygen atoms in total. The second-order valence-electron chi connectivity index (χ2n) is 5.62. The molecule has 1 rings (SSSR count). The van der Waals surface area contributed by atoms with Crippen LogP contribution in [0.4, 0.5) is 0 Å². The van der Waals surface area contributed by atoms with Gasteiger partial charge in [-0.3, -0.25) is 4.79 Å². The van der Waals surface area contributed by atoms with Crippen LogP contribution in [-0.2, 0) is 9.53 Å². The molecule has 0 bridgehead atoms. The first kappa shape index (κ1) is 16.8. The Morgan fingerprint density at radius 1 is 1.47 bits per heavy atom. The van der Waals surface area contributed by atoms with Gasteiger partial charge >= 0.3 is 0 Å². The van der Waals surface area contributed by atoms with Crippen molar-refractivity contribution < 1.29 is 9.53 Å². The minimum absolute atomic E-state index is 0.00381. The number of hydrogen-bond acceptors (Lipinski definition) is 4. The van der Waals surface area contributed by atoms with E-state index in [1.54, 1.807) is 7.11 Å². The third-order valence-electron chi connectivity index (χ3n) is 3.74. The van der Waals surface area contributed by atoms with Crippen LogP contribution in [0.15, 0.2) is 0 Å². The minimum atomic E-state index is 0.00381. The van der Waals surface area contributed by atoms with Crippen LogP contribution in [0.5, 0.6) is 0 Å². The molecule has 1 aliphatic rings. The summed E-state index contributed by atoms with van der Waals surface area (Å²) in [5, 5.41) is 3.12. The van der Waals surface area contributed by atoms with Gasteiger partial charge in [0.2, 0.25) is 5.91 Å². The molecular formula is C14H28N2O2S. The van der Waals surface area contributed by atoms with Gasteiger partial charge in [0.15, 0.2) is 0 Å². The number of methoxy groups -OCH3 is 1. The molecule has 0 aromatic carbocycles. The van der Waals surface area contributed by atoms with Crippen molar-refractivity contribution in [3.8, 4) is 0 Å². The van der Waals surface area contributed by atoms with Crippen LogP contribution in [0.1, 0.15) is 20.3 Å².